The first-order valence-corrected chi connectivity index (χ1v) is 8.39. The summed E-state index contributed by atoms with van der Waals surface area (Å²) in [6.45, 7) is 2.08. The lowest BCUT2D eigenvalue weighted by molar-refractivity contribution is 0.385. The maximum absolute atomic E-state index is 12.4. The molecule has 1 fully saturated rings. The summed E-state index contributed by atoms with van der Waals surface area (Å²) >= 11 is 6.18. The molecule has 1 N–H and O–H groups in total. The Kier molecular flexibility index (Phi) is 3.88. The molecular weight excluding hydrogens is 312 g/mol. The number of nitrogens with zero attached hydrogens (tertiary/aromatic N) is 3. The third-order valence-corrected chi connectivity index (χ3v) is 5.73. The second kappa shape index (κ2) is 5.67. The maximum Gasteiger partial charge on any atom is 0.246 e. The van der Waals surface area contributed by atoms with Crippen LogP contribution in [0.25, 0.3) is 0 Å². The van der Waals surface area contributed by atoms with E-state index in [1.54, 1.807) is 0 Å². The molecule has 0 amide bonds. The number of piperazine rings is 1. The summed E-state index contributed by atoms with van der Waals surface area (Å²) in [5, 5.41) is 6.92. The molecule has 1 aliphatic rings. The highest BCUT2D eigenvalue weighted by atomic mass is 35.5. The van der Waals surface area contributed by atoms with Gasteiger partial charge in [0.2, 0.25) is 10.0 Å². The number of H-pyrrole nitrogens is 1. The van der Waals surface area contributed by atoms with Crippen LogP contribution < -0.4 is 4.90 Å². The first-order chi connectivity index (χ1) is 10.1. The number of aromatic nitrogens is 2. The molecule has 1 aromatic heterocycles. The third kappa shape index (κ3) is 2.76. The summed E-state index contributed by atoms with van der Waals surface area (Å²) in [6.07, 6.45) is 2.73. The van der Waals surface area contributed by atoms with Crippen molar-refractivity contribution in [3.63, 3.8) is 0 Å². The van der Waals surface area contributed by atoms with Gasteiger partial charge >= 0.3 is 0 Å². The zero-order valence-electron chi connectivity index (χ0n) is 11.2. The molecule has 1 aliphatic heterocycles. The monoisotopic (exact) mass is 326 g/mol. The summed E-state index contributed by atoms with van der Waals surface area (Å²) in [4.78, 5) is 2.30. The van der Waals surface area contributed by atoms with E-state index in [-0.39, 0.29) is 4.90 Å². The third-order valence-electron chi connectivity index (χ3n) is 3.54. The van der Waals surface area contributed by atoms with Crippen molar-refractivity contribution >= 4 is 27.3 Å². The van der Waals surface area contributed by atoms with E-state index in [0.717, 1.165) is 5.69 Å². The van der Waals surface area contributed by atoms with E-state index in [4.69, 9.17) is 11.6 Å². The molecule has 1 saturated heterocycles. The van der Waals surface area contributed by atoms with Crippen LogP contribution in [0, 0.1) is 0 Å². The van der Waals surface area contributed by atoms with Crippen LogP contribution in [0.3, 0.4) is 0 Å². The Labute approximate surface area is 128 Å². The molecular formula is C13H15ClN4O2S. The number of aromatic amines is 1. The number of para-hydroxylation sites is 1. The Balaban J connectivity index is 1.73. The lowest BCUT2D eigenvalue weighted by Gasteiger charge is -2.35. The molecule has 0 aliphatic carbocycles. The minimum absolute atomic E-state index is 0.202. The molecule has 0 saturated carbocycles. The number of sulfonamides is 1. The SMILES string of the molecule is O=S(=O)(c1cn[nH]c1)N1CCN(c2ccccc2Cl)CC1. The van der Waals surface area contributed by atoms with Crippen molar-refractivity contribution in [3.8, 4) is 0 Å². The van der Waals surface area contributed by atoms with Gasteiger partial charge in [-0.25, -0.2) is 8.42 Å². The summed E-state index contributed by atoms with van der Waals surface area (Å²) in [6, 6.07) is 7.59. The normalized spacial score (nSPS) is 17.1. The standard InChI is InChI=1S/C13H15ClN4O2S/c14-12-3-1-2-4-13(12)17-5-7-18(8-6-17)21(19,20)11-9-15-16-10-11/h1-4,9-10H,5-8H2,(H,15,16). The van der Waals surface area contributed by atoms with Crippen molar-refractivity contribution in [1.29, 1.82) is 0 Å². The van der Waals surface area contributed by atoms with Crippen LogP contribution in [0.15, 0.2) is 41.6 Å². The molecule has 3 rings (SSSR count). The van der Waals surface area contributed by atoms with E-state index in [9.17, 15) is 8.42 Å². The van der Waals surface area contributed by atoms with Crippen molar-refractivity contribution in [3.05, 3.63) is 41.7 Å². The first-order valence-electron chi connectivity index (χ1n) is 6.57. The van der Waals surface area contributed by atoms with Crippen molar-refractivity contribution in [2.45, 2.75) is 4.90 Å². The quantitative estimate of drug-likeness (QED) is 0.929. The predicted molar refractivity (Wildman–Crippen MR) is 81.0 cm³/mol. The zero-order valence-corrected chi connectivity index (χ0v) is 12.8. The molecule has 0 radical (unpaired) electrons. The summed E-state index contributed by atoms with van der Waals surface area (Å²) in [5.74, 6) is 0. The Bertz CT molecular complexity index is 710. The van der Waals surface area contributed by atoms with Gasteiger partial charge < -0.3 is 4.90 Å². The van der Waals surface area contributed by atoms with Crippen molar-refractivity contribution in [1.82, 2.24) is 14.5 Å². The topological polar surface area (TPSA) is 69.3 Å². The van der Waals surface area contributed by atoms with E-state index in [2.05, 4.69) is 15.1 Å². The highest BCUT2D eigenvalue weighted by Gasteiger charge is 2.29. The lowest BCUT2D eigenvalue weighted by Crippen LogP contribution is -2.48. The average Bonchev–Trinajstić information content (AvgIpc) is 3.03. The van der Waals surface area contributed by atoms with Crippen LogP contribution in [0.1, 0.15) is 0 Å². The van der Waals surface area contributed by atoms with Gasteiger partial charge in [-0.1, -0.05) is 23.7 Å². The van der Waals surface area contributed by atoms with Crippen LogP contribution in [0.5, 0.6) is 0 Å². The van der Waals surface area contributed by atoms with Gasteiger partial charge in [0.05, 0.1) is 16.9 Å². The Morgan fingerprint density at radius 3 is 2.48 bits per heavy atom. The number of hydrogen-bond donors (Lipinski definition) is 1. The molecule has 2 aromatic rings. The van der Waals surface area contributed by atoms with Crippen LogP contribution in [-0.4, -0.2) is 49.1 Å². The van der Waals surface area contributed by atoms with Gasteiger partial charge in [-0.3, -0.25) is 5.10 Å². The number of anilines is 1. The minimum atomic E-state index is -3.45. The average molecular weight is 327 g/mol. The Hall–Kier alpha value is -1.57. The van der Waals surface area contributed by atoms with Gasteiger partial charge in [0.25, 0.3) is 0 Å². The summed E-state index contributed by atoms with van der Waals surface area (Å²) in [5.41, 5.74) is 0.944. The van der Waals surface area contributed by atoms with Crippen molar-refractivity contribution in [2.24, 2.45) is 0 Å². The van der Waals surface area contributed by atoms with E-state index in [0.29, 0.717) is 31.2 Å². The molecule has 6 nitrogen and oxygen atoms in total. The number of benzene rings is 1. The molecule has 1 aromatic carbocycles. The zero-order chi connectivity index (χ0) is 14.9. The molecule has 2 heterocycles. The van der Waals surface area contributed by atoms with E-state index >= 15 is 0 Å². The van der Waals surface area contributed by atoms with Gasteiger partial charge in [0.15, 0.2) is 0 Å². The fourth-order valence-corrected chi connectivity index (χ4v) is 3.99. The molecule has 0 unspecified atom stereocenters. The molecule has 0 spiro atoms. The van der Waals surface area contributed by atoms with Gasteiger partial charge in [-0.15, -0.1) is 0 Å². The fraction of sp³-hybridized carbons (Fsp3) is 0.308. The summed E-state index contributed by atoms with van der Waals surface area (Å²) < 4.78 is 26.2. The number of rotatable bonds is 3. The molecule has 0 bridgehead atoms. The number of hydrogen-bond acceptors (Lipinski definition) is 4. The highest BCUT2D eigenvalue weighted by molar-refractivity contribution is 7.89. The van der Waals surface area contributed by atoms with Gasteiger partial charge in [0.1, 0.15) is 4.90 Å². The smallest absolute Gasteiger partial charge is 0.246 e. The predicted octanol–water partition coefficient (Wildman–Crippen LogP) is 1.57. The van der Waals surface area contributed by atoms with Gasteiger partial charge in [-0.2, -0.15) is 9.40 Å². The number of halogens is 1. The van der Waals surface area contributed by atoms with Gasteiger partial charge in [0, 0.05) is 32.4 Å². The van der Waals surface area contributed by atoms with Crippen molar-refractivity contribution in [2.75, 3.05) is 31.1 Å². The van der Waals surface area contributed by atoms with Crippen LogP contribution >= 0.6 is 11.6 Å². The van der Waals surface area contributed by atoms with E-state index < -0.39 is 10.0 Å². The second-order valence-electron chi connectivity index (χ2n) is 4.78. The summed E-state index contributed by atoms with van der Waals surface area (Å²) in [7, 11) is -3.45. The van der Waals surface area contributed by atoms with Crippen molar-refractivity contribution < 1.29 is 8.42 Å². The Morgan fingerprint density at radius 2 is 1.86 bits per heavy atom. The number of nitrogens with one attached hydrogen (secondary N) is 1. The lowest BCUT2D eigenvalue weighted by atomic mass is 10.2. The first kappa shape index (κ1) is 14.4. The van der Waals surface area contributed by atoms with Crippen LogP contribution in [0.2, 0.25) is 5.02 Å². The maximum atomic E-state index is 12.4. The van der Waals surface area contributed by atoms with Crippen LogP contribution in [0.4, 0.5) is 5.69 Å². The largest absolute Gasteiger partial charge is 0.368 e. The van der Waals surface area contributed by atoms with Crippen LogP contribution in [-0.2, 0) is 10.0 Å². The Morgan fingerprint density at radius 1 is 1.14 bits per heavy atom. The molecule has 112 valence electrons. The van der Waals surface area contributed by atoms with Gasteiger partial charge in [-0.05, 0) is 12.1 Å². The molecule has 8 heteroatoms. The molecule has 21 heavy (non-hydrogen) atoms. The minimum Gasteiger partial charge on any atom is -0.368 e. The highest BCUT2D eigenvalue weighted by Crippen LogP contribution is 2.27. The second-order valence-corrected chi connectivity index (χ2v) is 7.12. The van der Waals surface area contributed by atoms with E-state index in [1.807, 2.05) is 24.3 Å². The fourth-order valence-electron chi connectivity index (χ4n) is 2.41. The van der Waals surface area contributed by atoms with E-state index in [1.165, 1.54) is 16.7 Å². The molecule has 0 atom stereocenters.